The summed E-state index contributed by atoms with van der Waals surface area (Å²) < 4.78 is 25.1. The molecule has 4 nitrogen and oxygen atoms in total. The summed E-state index contributed by atoms with van der Waals surface area (Å²) in [6.45, 7) is 4.20. The second kappa shape index (κ2) is 9.57. The minimum Gasteiger partial charge on any atom is -0.307 e. The maximum Gasteiger partial charge on any atom is 0.359 e. The molecule has 0 aliphatic carbocycles. The summed E-state index contributed by atoms with van der Waals surface area (Å²) in [5, 5.41) is 4.48. The lowest BCUT2D eigenvalue weighted by Gasteiger charge is -2.24. The summed E-state index contributed by atoms with van der Waals surface area (Å²) in [5.74, 6) is -0.747. The van der Waals surface area contributed by atoms with E-state index in [2.05, 4.69) is 30.3 Å². The number of rotatable bonds is 8. The maximum absolute atomic E-state index is 13.7. The van der Waals surface area contributed by atoms with Gasteiger partial charge in [0.15, 0.2) is 5.78 Å². The predicted molar refractivity (Wildman–Crippen MR) is 129 cm³/mol. The van der Waals surface area contributed by atoms with Crippen LogP contribution in [0.4, 0.5) is 0 Å². The molecule has 0 amide bonds. The van der Waals surface area contributed by atoms with Crippen LogP contribution in [0.5, 0.6) is 0 Å². The number of aliphatic imine (C=N–C) groups is 1. The summed E-state index contributed by atoms with van der Waals surface area (Å²) in [6, 6.07) is 28.4. The van der Waals surface area contributed by atoms with Crippen molar-refractivity contribution in [3.63, 3.8) is 0 Å². The van der Waals surface area contributed by atoms with Crippen molar-refractivity contribution in [1.82, 2.24) is 0 Å². The standard InChI is InChI=1S/C26H26NO3P/c1-3-29-31(28,30-4-2)26(25-16-15-22-10-6-8-12-24(22)18-25)27-19-20-13-14-21-9-5-7-11-23(21)17-20/h5-19,26H,3-4H2,1-2H3/b27-19+. The molecule has 0 saturated carbocycles. The van der Waals surface area contributed by atoms with Gasteiger partial charge in [0.05, 0.1) is 13.2 Å². The van der Waals surface area contributed by atoms with Gasteiger partial charge in [0.25, 0.3) is 0 Å². The van der Waals surface area contributed by atoms with E-state index in [4.69, 9.17) is 14.0 Å². The molecule has 0 bridgehead atoms. The van der Waals surface area contributed by atoms with E-state index in [1.54, 1.807) is 6.21 Å². The Hall–Kier alpha value is -2.78. The van der Waals surface area contributed by atoms with Gasteiger partial charge < -0.3 is 9.05 Å². The molecule has 1 atom stereocenters. The van der Waals surface area contributed by atoms with Gasteiger partial charge in [-0.15, -0.1) is 0 Å². The van der Waals surface area contributed by atoms with Crippen molar-refractivity contribution in [2.45, 2.75) is 19.6 Å². The van der Waals surface area contributed by atoms with Gasteiger partial charge in [-0.25, -0.2) is 0 Å². The van der Waals surface area contributed by atoms with Crippen molar-refractivity contribution in [1.29, 1.82) is 0 Å². The average molecular weight is 431 g/mol. The van der Waals surface area contributed by atoms with Crippen LogP contribution >= 0.6 is 7.60 Å². The van der Waals surface area contributed by atoms with Crippen LogP contribution in [0, 0.1) is 0 Å². The van der Waals surface area contributed by atoms with E-state index < -0.39 is 13.4 Å². The molecular formula is C26H26NO3P. The zero-order valence-electron chi connectivity index (χ0n) is 17.8. The lowest BCUT2D eigenvalue weighted by atomic mass is 10.1. The van der Waals surface area contributed by atoms with Gasteiger partial charge in [0.1, 0.15) is 0 Å². The molecule has 0 heterocycles. The van der Waals surface area contributed by atoms with Crippen LogP contribution in [0.25, 0.3) is 21.5 Å². The van der Waals surface area contributed by atoms with Crippen molar-refractivity contribution in [3.8, 4) is 0 Å². The molecule has 0 spiro atoms. The van der Waals surface area contributed by atoms with Crippen molar-refractivity contribution in [2.75, 3.05) is 13.2 Å². The quantitative estimate of drug-likeness (QED) is 0.216. The molecule has 0 fully saturated rings. The van der Waals surface area contributed by atoms with Crippen LogP contribution in [0.15, 0.2) is 89.9 Å². The Morgan fingerprint density at radius 2 is 1.32 bits per heavy atom. The Labute approximate surface area is 183 Å². The van der Waals surface area contributed by atoms with Crippen LogP contribution in [-0.2, 0) is 13.6 Å². The Morgan fingerprint density at radius 1 is 0.774 bits per heavy atom. The Bertz CT molecular complexity index is 1260. The first kappa shape index (κ1) is 21.5. The third-order valence-electron chi connectivity index (χ3n) is 5.13. The number of nitrogens with zero attached hydrogens (tertiary/aromatic N) is 1. The smallest absolute Gasteiger partial charge is 0.307 e. The summed E-state index contributed by atoms with van der Waals surface area (Å²) in [7, 11) is -3.51. The van der Waals surface area contributed by atoms with E-state index in [0.29, 0.717) is 0 Å². The summed E-state index contributed by atoms with van der Waals surface area (Å²) in [6.07, 6.45) is 1.76. The van der Waals surface area contributed by atoms with E-state index >= 15 is 0 Å². The molecular weight excluding hydrogens is 405 g/mol. The monoisotopic (exact) mass is 431 g/mol. The van der Waals surface area contributed by atoms with Gasteiger partial charge in [-0.3, -0.25) is 9.56 Å². The molecule has 4 aromatic carbocycles. The lowest BCUT2D eigenvalue weighted by molar-refractivity contribution is 0.212. The first-order valence-electron chi connectivity index (χ1n) is 10.5. The predicted octanol–water partition coefficient (Wildman–Crippen LogP) is 7.38. The second-order valence-electron chi connectivity index (χ2n) is 7.24. The average Bonchev–Trinajstić information content (AvgIpc) is 2.79. The molecule has 0 saturated heterocycles. The van der Waals surface area contributed by atoms with Crippen LogP contribution in [0.3, 0.4) is 0 Å². The maximum atomic E-state index is 13.7. The molecule has 1 unspecified atom stereocenters. The van der Waals surface area contributed by atoms with Crippen molar-refractivity contribution in [3.05, 3.63) is 96.1 Å². The van der Waals surface area contributed by atoms with E-state index in [1.165, 1.54) is 5.39 Å². The number of hydrogen-bond donors (Lipinski definition) is 0. The molecule has 31 heavy (non-hydrogen) atoms. The van der Waals surface area contributed by atoms with Crippen molar-refractivity contribution < 1.29 is 13.6 Å². The Morgan fingerprint density at radius 3 is 1.94 bits per heavy atom. The minimum atomic E-state index is -3.51. The molecule has 5 heteroatoms. The molecule has 4 rings (SSSR count). The number of hydrogen-bond acceptors (Lipinski definition) is 4. The molecule has 0 aliphatic rings. The van der Waals surface area contributed by atoms with Gasteiger partial charge in [-0.1, -0.05) is 72.8 Å². The lowest BCUT2D eigenvalue weighted by Crippen LogP contribution is -2.06. The van der Waals surface area contributed by atoms with E-state index in [0.717, 1.165) is 27.3 Å². The summed E-state index contributed by atoms with van der Waals surface area (Å²) in [5.41, 5.74) is 1.74. The van der Waals surface area contributed by atoms with E-state index in [1.807, 2.05) is 68.4 Å². The highest BCUT2D eigenvalue weighted by Gasteiger charge is 2.36. The van der Waals surface area contributed by atoms with Gasteiger partial charge >= 0.3 is 7.60 Å². The molecule has 0 N–H and O–H groups in total. The first-order chi connectivity index (χ1) is 15.1. The number of fused-ring (bicyclic) bond motifs is 2. The van der Waals surface area contributed by atoms with E-state index in [9.17, 15) is 4.57 Å². The highest BCUT2D eigenvalue weighted by molar-refractivity contribution is 7.54. The highest BCUT2D eigenvalue weighted by atomic mass is 31.2. The van der Waals surface area contributed by atoms with Crippen LogP contribution < -0.4 is 0 Å². The fourth-order valence-electron chi connectivity index (χ4n) is 3.70. The third kappa shape index (κ3) is 4.77. The molecule has 158 valence electrons. The minimum absolute atomic E-state index is 0.285. The highest BCUT2D eigenvalue weighted by Crippen LogP contribution is 2.61. The fraction of sp³-hybridized carbons (Fsp3) is 0.192. The molecule has 0 aliphatic heterocycles. The topological polar surface area (TPSA) is 47.9 Å². The normalized spacial score (nSPS) is 13.2. The molecule has 4 aromatic rings. The van der Waals surface area contributed by atoms with Crippen LogP contribution in [0.1, 0.15) is 30.8 Å². The third-order valence-corrected chi connectivity index (χ3v) is 7.39. The van der Waals surface area contributed by atoms with Crippen molar-refractivity contribution >= 4 is 35.4 Å². The fourth-order valence-corrected chi connectivity index (χ4v) is 5.53. The first-order valence-corrected chi connectivity index (χ1v) is 12.1. The van der Waals surface area contributed by atoms with Crippen molar-refractivity contribution in [2.24, 2.45) is 4.99 Å². The van der Waals surface area contributed by atoms with Gasteiger partial charge in [-0.2, -0.15) is 0 Å². The SMILES string of the molecule is CCOP(=O)(OCC)C(/N=C/c1ccc2ccccc2c1)c1ccc2ccccc2c1. The van der Waals surface area contributed by atoms with Gasteiger partial charge in [-0.05, 0) is 58.7 Å². The zero-order valence-corrected chi connectivity index (χ0v) is 18.7. The largest absolute Gasteiger partial charge is 0.359 e. The molecule has 0 radical (unpaired) electrons. The number of benzene rings is 4. The summed E-state index contributed by atoms with van der Waals surface area (Å²) >= 11 is 0. The van der Waals surface area contributed by atoms with Crippen LogP contribution in [-0.4, -0.2) is 19.4 Å². The Kier molecular flexibility index (Phi) is 6.62. The zero-order chi connectivity index (χ0) is 21.7. The van der Waals surface area contributed by atoms with Crippen LogP contribution in [0.2, 0.25) is 0 Å². The van der Waals surface area contributed by atoms with Gasteiger partial charge in [0, 0.05) is 6.21 Å². The summed E-state index contributed by atoms with van der Waals surface area (Å²) in [4.78, 5) is 4.75. The van der Waals surface area contributed by atoms with E-state index in [-0.39, 0.29) is 13.2 Å². The second-order valence-corrected chi connectivity index (χ2v) is 9.33. The molecule has 0 aromatic heterocycles. The Balaban J connectivity index is 1.78. The van der Waals surface area contributed by atoms with Gasteiger partial charge in [0.2, 0.25) is 0 Å².